The summed E-state index contributed by atoms with van der Waals surface area (Å²) in [6.45, 7) is 10.4. The Bertz CT molecular complexity index is 759. The molecule has 1 saturated heterocycles. The zero-order chi connectivity index (χ0) is 18.0. The number of carbonyl (C=O) groups is 1. The third-order valence-corrected chi connectivity index (χ3v) is 5.08. The number of piperazine rings is 1. The predicted molar refractivity (Wildman–Crippen MR) is 105 cm³/mol. The van der Waals surface area contributed by atoms with Crippen molar-refractivity contribution in [3.63, 3.8) is 0 Å². The molecule has 1 fully saturated rings. The third-order valence-electron chi connectivity index (χ3n) is 5.08. The maximum Gasteiger partial charge on any atom is 0.255 e. The van der Waals surface area contributed by atoms with Crippen LogP contribution in [0.3, 0.4) is 0 Å². The molecule has 132 valence electrons. The maximum absolute atomic E-state index is 12.6. The van der Waals surface area contributed by atoms with Crippen LogP contribution >= 0.6 is 0 Å². The topological polar surface area (TPSA) is 35.6 Å². The van der Waals surface area contributed by atoms with Gasteiger partial charge < -0.3 is 15.1 Å². The van der Waals surface area contributed by atoms with Gasteiger partial charge in [-0.05, 0) is 74.8 Å². The van der Waals surface area contributed by atoms with Crippen molar-refractivity contribution in [2.45, 2.75) is 20.8 Å². The normalized spacial score (nSPS) is 15.3. The van der Waals surface area contributed by atoms with Crippen LogP contribution in [0.5, 0.6) is 0 Å². The van der Waals surface area contributed by atoms with Crippen LogP contribution in [0, 0.1) is 20.8 Å². The lowest BCUT2D eigenvalue weighted by atomic mass is 10.0. The number of likely N-dealkylation sites (N-methyl/N-ethyl adjacent to an activating group) is 1. The van der Waals surface area contributed by atoms with Gasteiger partial charge in [-0.1, -0.05) is 6.07 Å². The van der Waals surface area contributed by atoms with Crippen molar-refractivity contribution < 1.29 is 4.79 Å². The highest BCUT2D eigenvalue weighted by molar-refractivity contribution is 6.05. The largest absolute Gasteiger partial charge is 0.369 e. The molecular weight excluding hydrogens is 310 g/mol. The van der Waals surface area contributed by atoms with E-state index in [4.69, 9.17) is 0 Å². The van der Waals surface area contributed by atoms with Crippen molar-refractivity contribution in [1.29, 1.82) is 0 Å². The van der Waals surface area contributed by atoms with Crippen LogP contribution in [0.15, 0.2) is 36.4 Å². The van der Waals surface area contributed by atoms with Crippen molar-refractivity contribution in [2.75, 3.05) is 43.4 Å². The molecule has 0 aromatic heterocycles. The van der Waals surface area contributed by atoms with Crippen LogP contribution in [0.4, 0.5) is 11.4 Å². The van der Waals surface area contributed by atoms with E-state index in [2.05, 4.69) is 47.3 Å². The first-order valence-electron chi connectivity index (χ1n) is 8.87. The first kappa shape index (κ1) is 17.5. The number of rotatable bonds is 3. The molecule has 0 unspecified atom stereocenters. The molecule has 1 heterocycles. The minimum Gasteiger partial charge on any atom is -0.369 e. The molecule has 1 amide bonds. The van der Waals surface area contributed by atoms with Gasteiger partial charge in [-0.3, -0.25) is 4.79 Å². The van der Waals surface area contributed by atoms with Crippen LogP contribution in [0.2, 0.25) is 0 Å². The summed E-state index contributed by atoms with van der Waals surface area (Å²) in [4.78, 5) is 17.3. The standard InChI is InChI=1S/C21H27N3O/c1-15-13-17(3)20(14-16(15)2)21(25)22-18-5-7-19(8-6-18)24-11-9-23(4)10-12-24/h5-8,13-14H,9-12H2,1-4H3,(H,22,25). The summed E-state index contributed by atoms with van der Waals surface area (Å²) >= 11 is 0. The van der Waals surface area contributed by atoms with Crippen molar-refractivity contribution in [3.8, 4) is 0 Å². The number of hydrogen-bond donors (Lipinski definition) is 1. The van der Waals surface area contributed by atoms with Gasteiger partial charge in [0.1, 0.15) is 0 Å². The van der Waals surface area contributed by atoms with Crippen molar-refractivity contribution in [3.05, 3.63) is 58.7 Å². The van der Waals surface area contributed by atoms with E-state index in [-0.39, 0.29) is 5.91 Å². The molecule has 3 rings (SSSR count). The lowest BCUT2D eigenvalue weighted by molar-refractivity contribution is 0.102. The summed E-state index contributed by atoms with van der Waals surface area (Å²) in [5.41, 5.74) is 6.15. The van der Waals surface area contributed by atoms with Crippen LogP contribution in [-0.2, 0) is 0 Å². The van der Waals surface area contributed by atoms with Gasteiger partial charge >= 0.3 is 0 Å². The molecule has 4 nitrogen and oxygen atoms in total. The fourth-order valence-electron chi connectivity index (χ4n) is 3.22. The highest BCUT2D eigenvalue weighted by Crippen LogP contribution is 2.21. The number of nitrogens with one attached hydrogen (secondary N) is 1. The van der Waals surface area contributed by atoms with Gasteiger partial charge in [-0.25, -0.2) is 0 Å². The number of aryl methyl sites for hydroxylation is 3. The van der Waals surface area contributed by atoms with Gasteiger partial charge in [-0.15, -0.1) is 0 Å². The zero-order valence-corrected chi connectivity index (χ0v) is 15.6. The summed E-state index contributed by atoms with van der Waals surface area (Å²) < 4.78 is 0. The first-order chi connectivity index (χ1) is 11.9. The van der Waals surface area contributed by atoms with Crippen molar-refractivity contribution in [1.82, 2.24) is 4.90 Å². The Morgan fingerprint density at radius 3 is 2.12 bits per heavy atom. The Labute approximate surface area is 150 Å². The van der Waals surface area contributed by atoms with E-state index in [0.717, 1.165) is 48.6 Å². The molecule has 0 bridgehead atoms. The fourth-order valence-corrected chi connectivity index (χ4v) is 3.22. The third kappa shape index (κ3) is 4.02. The Hall–Kier alpha value is -2.33. The van der Waals surface area contributed by atoms with Gasteiger partial charge in [-0.2, -0.15) is 0 Å². The van der Waals surface area contributed by atoms with Gasteiger partial charge in [0.2, 0.25) is 0 Å². The maximum atomic E-state index is 12.6. The highest BCUT2D eigenvalue weighted by atomic mass is 16.1. The molecule has 0 aliphatic carbocycles. The van der Waals surface area contributed by atoms with E-state index in [0.29, 0.717) is 0 Å². The predicted octanol–water partition coefficient (Wildman–Crippen LogP) is 3.62. The Morgan fingerprint density at radius 1 is 0.880 bits per heavy atom. The smallest absolute Gasteiger partial charge is 0.255 e. The van der Waals surface area contributed by atoms with Crippen molar-refractivity contribution >= 4 is 17.3 Å². The summed E-state index contributed by atoms with van der Waals surface area (Å²) in [6, 6.07) is 12.2. The molecule has 1 aliphatic heterocycles. The number of hydrogen-bond acceptors (Lipinski definition) is 3. The van der Waals surface area contributed by atoms with Crippen LogP contribution in [0.1, 0.15) is 27.0 Å². The molecule has 25 heavy (non-hydrogen) atoms. The average Bonchev–Trinajstić information content (AvgIpc) is 2.59. The van der Waals surface area contributed by atoms with E-state index in [1.165, 1.54) is 11.3 Å². The molecule has 0 radical (unpaired) electrons. The SMILES string of the molecule is Cc1cc(C)c(C(=O)Nc2ccc(N3CCN(C)CC3)cc2)cc1C. The van der Waals surface area contributed by atoms with E-state index in [1.54, 1.807) is 0 Å². The molecule has 4 heteroatoms. The molecule has 0 atom stereocenters. The van der Waals surface area contributed by atoms with Crippen LogP contribution in [-0.4, -0.2) is 44.0 Å². The quantitative estimate of drug-likeness (QED) is 0.929. The van der Waals surface area contributed by atoms with Gasteiger partial charge in [0, 0.05) is 43.1 Å². The average molecular weight is 337 g/mol. The summed E-state index contributed by atoms with van der Waals surface area (Å²) in [6.07, 6.45) is 0. The second-order valence-corrected chi connectivity index (χ2v) is 7.04. The molecule has 2 aromatic carbocycles. The second kappa shape index (κ2) is 7.28. The molecule has 0 saturated carbocycles. The molecule has 1 N–H and O–H groups in total. The first-order valence-corrected chi connectivity index (χ1v) is 8.87. The monoisotopic (exact) mass is 337 g/mol. The van der Waals surface area contributed by atoms with Gasteiger partial charge in [0.15, 0.2) is 0 Å². The Morgan fingerprint density at radius 2 is 1.48 bits per heavy atom. The summed E-state index contributed by atoms with van der Waals surface area (Å²) in [7, 11) is 2.16. The fraction of sp³-hybridized carbons (Fsp3) is 0.381. The van der Waals surface area contributed by atoms with Crippen molar-refractivity contribution in [2.24, 2.45) is 0 Å². The van der Waals surface area contributed by atoms with Crippen LogP contribution in [0.25, 0.3) is 0 Å². The number of benzene rings is 2. The molecular formula is C21H27N3O. The van der Waals surface area contributed by atoms with E-state index < -0.39 is 0 Å². The number of amides is 1. The number of nitrogens with zero attached hydrogens (tertiary/aromatic N) is 2. The second-order valence-electron chi connectivity index (χ2n) is 7.04. The summed E-state index contributed by atoms with van der Waals surface area (Å²) in [5, 5.41) is 3.02. The molecule has 0 spiro atoms. The zero-order valence-electron chi connectivity index (χ0n) is 15.6. The minimum atomic E-state index is -0.0482. The Kier molecular flexibility index (Phi) is 5.09. The molecule has 2 aromatic rings. The number of anilines is 2. The van der Waals surface area contributed by atoms with Gasteiger partial charge in [0.25, 0.3) is 5.91 Å². The van der Waals surface area contributed by atoms with E-state index in [9.17, 15) is 4.79 Å². The van der Waals surface area contributed by atoms with Crippen LogP contribution < -0.4 is 10.2 Å². The highest BCUT2D eigenvalue weighted by Gasteiger charge is 2.15. The molecule has 1 aliphatic rings. The Balaban J connectivity index is 1.69. The minimum absolute atomic E-state index is 0.0482. The van der Waals surface area contributed by atoms with E-state index in [1.807, 2.05) is 32.0 Å². The van der Waals surface area contributed by atoms with Gasteiger partial charge in [0.05, 0.1) is 0 Å². The number of carbonyl (C=O) groups excluding carboxylic acids is 1. The lowest BCUT2D eigenvalue weighted by Crippen LogP contribution is -2.44. The summed E-state index contributed by atoms with van der Waals surface area (Å²) in [5.74, 6) is -0.0482. The van der Waals surface area contributed by atoms with E-state index >= 15 is 0 Å². The lowest BCUT2D eigenvalue weighted by Gasteiger charge is -2.34.